The lowest BCUT2D eigenvalue weighted by molar-refractivity contribution is 0.101. The predicted octanol–water partition coefficient (Wildman–Crippen LogP) is 3.88. The quantitative estimate of drug-likeness (QED) is 0.838. The monoisotopic (exact) mass is 364 g/mol. The van der Waals surface area contributed by atoms with Gasteiger partial charge in [0, 0.05) is 32.0 Å². The number of phenols is 1. The third-order valence-electron chi connectivity index (χ3n) is 5.25. The Morgan fingerprint density at radius 2 is 1.89 bits per heavy atom. The average molecular weight is 364 g/mol. The minimum atomic E-state index is -0.150. The summed E-state index contributed by atoms with van der Waals surface area (Å²) < 4.78 is 5.93. The first-order valence-electron chi connectivity index (χ1n) is 9.42. The van der Waals surface area contributed by atoms with Crippen molar-refractivity contribution < 1.29 is 14.6 Å². The van der Waals surface area contributed by atoms with E-state index in [-0.39, 0.29) is 17.3 Å². The number of ether oxygens (including phenoxy) is 1. The van der Waals surface area contributed by atoms with Crippen LogP contribution < -0.4 is 4.74 Å². The molecular formula is C22H24N2O3. The number of hydrogen-bond acceptors (Lipinski definition) is 5. The molecule has 27 heavy (non-hydrogen) atoms. The first-order chi connectivity index (χ1) is 13.0. The Morgan fingerprint density at radius 3 is 2.59 bits per heavy atom. The zero-order valence-electron chi connectivity index (χ0n) is 15.7. The number of ketones is 1. The van der Waals surface area contributed by atoms with Gasteiger partial charge in [0.25, 0.3) is 0 Å². The number of aromatic nitrogens is 1. The highest BCUT2D eigenvalue weighted by Crippen LogP contribution is 2.40. The molecule has 1 aromatic heterocycles. The Bertz CT molecular complexity index is 882. The number of carbonyl (C=O) groups is 1. The molecular weight excluding hydrogens is 340 g/mol. The second-order valence-corrected chi connectivity index (χ2v) is 7.80. The van der Waals surface area contributed by atoms with Crippen LogP contribution in [-0.4, -0.2) is 33.9 Å². The molecule has 0 aliphatic carbocycles. The fourth-order valence-electron chi connectivity index (χ4n) is 4.21. The van der Waals surface area contributed by atoms with Crippen molar-refractivity contribution in [2.45, 2.75) is 26.8 Å². The van der Waals surface area contributed by atoms with Crippen molar-refractivity contribution in [3.63, 3.8) is 0 Å². The Kier molecular flexibility index (Phi) is 4.70. The van der Waals surface area contributed by atoms with Crippen molar-refractivity contribution in [1.29, 1.82) is 0 Å². The summed E-state index contributed by atoms with van der Waals surface area (Å²) in [5.41, 5.74) is 2.06. The molecule has 5 nitrogen and oxygen atoms in total. The number of nitrogens with zero attached hydrogens (tertiary/aromatic N) is 2. The molecule has 3 heterocycles. The van der Waals surface area contributed by atoms with Gasteiger partial charge in [-0.25, -0.2) is 0 Å². The SMILES string of the molecule is C[C@H]1C[C@H](C)CN(Cc2c(O)ccc3c2OC(=Cc2ccncc2)C3=O)C1. The molecule has 0 radical (unpaired) electrons. The molecule has 1 fully saturated rings. The molecule has 1 saturated heterocycles. The summed E-state index contributed by atoms with van der Waals surface area (Å²) in [5.74, 6) is 2.05. The van der Waals surface area contributed by atoms with Crippen LogP contribution >= 0.6 is 0 Å². The molecule has 2 aromatic rings. The molecule has 140 valence electrons. The summed E-state index contributed by atoms with van der Waals surface area (Å²) in [6, 6.07) is 6.88. The van der Waals surface area contributed by atoms with Gasteiger partial charge in [-0.05, 0) is 54.2 Å². The van der Waals surface area contributed by atoms with E-state index in [9.17, 15) is 9.90 Å². The summed E-state index contributed by atoms with van der Waals surface area (Å²) in [7, 11) is 0. The first kappa shape index (κ1) is 17.7. The number of carbonyl (C=O) groups excluding carboxylic acids is 1. The lowest BCUT2D eigenvalue weighted by atomic mass is 9.91. The summed E-state index contributed by atoms with van der Waals surface area (Å²) in [5, 5.41) is 10.5. The zero-order chi connectivity index (χ0) is 19.0. The van der Waals surface area contributed by atoms with Crippen molar-refractivity contribution in [2.75, 3.05) is 13.1 Å². The van der Waals surface area contributed by atoms with Crippen LogP contribution in [0, 0.1) is 11.8 Å². The summed E-state index contributed by atoms with van der Waals surface area (Å²) >= 11 is 0. The Hall–Kier alpha value is -2.66. The molecule has 2 atom stereocenters. The summed E-state index contributed by atoms with van der Waals surface area (Å²) in [6.07, 6.45) is 6.29. The van der Waals surface area contributed by atoms with E-state index in [0.29, 0.717) is 35.3 Å². The van der Waals surface area contributed by atoms with E-state index in [0.717, 1.165) is 18.7 Å². The van der Waals surface area contributed by atoms with Gasteiger partial charge in [-0.1, -0.05) is 13.8 Å². The molecule has 0 amide bonds. The van der Waals surface area contributed by atoms with Gasteiger partial charge in [-0.2, -0.15) is 0 Å². The number of Topliss-reactive ketones (excluding diaryl/α,β-unsaturated/α-hetero) is 1. The lowest BCUT2D eigenvalue weighted by Gasteiger charge is -2.35. The Labute approximate surface area is 159 Å². The highest BCUT2D eigenvalue weighted by molar-refractivity contribution is 6.14. The fourth-order valence-corrected chi connectivity index (χ4v) is 4.21. The molecule has 2 aliphatic heterocycles. The van der Waals surface area contributed by atoms with Crippen LogP contribution in [0.4, 0.5) is 0 Å². The van der Waals surface area contributed by atoms with Gasteiger partial charge in [0.2, 0.25) is 5.78 Å². The average Bonchev–Trinajstić information content (AvgIpc) is 2.94. The topological polar surface area (TPSA) is 62.7 Å². The number of benzene rings is 1. The molecule has 4 rings (SSSR count). The number of fused-ring (bicyclic) bond motifs is 1. The fraction of sp³-hybridized carbons (Fsp3) is 0.364. The largest absolute Gasteiger partial charge is 0.507 e. The van der Waals surface area contributed by atoms with Crippen LogP contribution in [0.25, 0.3) is 6.08 Å². The number of aromatic hydroxyl groups is 1. The van der Waals surface area contributed by atoms with E-state index in [1.807, 2.05) is 12.1 Å². The molecule has 0 spiro atoms. The normalized spacial score (nSPS) is 24.1. The predicted molar refractivity (Wildman–Crippen MR) is 104 cm³/mol. The summed E-state index contributed by atoms with van der Waals surface area (Å²) in [4.78, 5) is 19.1. The standard InChI is InChI=1S/C22H24N2O3/c1-14-9-15(2)12-24(11-14)13-18-19(25)4-3-17-21(26)20(27-22(17)18)10-16-5-7-23-8-6-16/h3-8,10,14-15,25H,9,11-13H2,1-2H3/t14-,15-/m0/s1. The van der Waals surface area contributed by atoms with E-state index in [1.165, 1.54) is 6.42 Å². The third kappa shape index (κ3) is 3.60. The maximum Gasteiger partial charge on any atom is 0.231 e. The van der Waals surface area contributed by atoms with Crippen molar-refractivity contribution in [2.24, 2.45) is 11.8 Å². The molecule has 0 unspecified atom stereocenters. The van der Waals surface area contributed by atoms with Gasteiger partial charge >= 0.3 is 0 Å². The van der Waals surface area contributed by atoms with Crippen LogP contribution in [0.1, 0.15) is 41.8 Å². The molecule has 1 aromatic carbocycles. The number of pyridine rings is 1. The zero-order valence-corrected chi connectivity index (χ0v) is 15.7. The van der Waals surface area contributed by atoms with Gasteiger partial charge in [-0.3, -0.25) is 14.7 Å². The number of piperidine rings is 1. The first-order valence-corrected chi connectivity index (χ1v) is 9.42. The molecule has 2 aliphatic rings. The van der Waals surface area contributed by atoms with Gasteiger partial charge in [0.05, 0.1) is 11.1 Å². The van der Waals surface area contributed by atoms with Crippen LogP contribution in [0.2, 0.25) is 0 Å². The minimum absolute atomic E-state index is 0.150. The second-order valence-electron chi connectivity index (χ2n) is 7.80. The van der Waals surface area contributed by atoms with Crippen LogP contribution in [0.15, 0.2) is 42.4 Å². The highest BCUT2D eigenvalue weighted by Gasteiger charge is 2.32. The van der Waals surface area contributed by atoms with Crippen molar-refractivity contribution in [1.82, 2.24) is 9.88 Å². The highest BCUT2D eigenvalue weighted by atomic mass is 16.5. The molecule has 0 bridgehead atoms. The minimum Gasteiger partial charge on any atom is -0.507 e. The van der Waals surface area contributed by atoms with Crippen LogP contribution in [0.3, 0.4) is 0 Å². The number of hydrogen-bond donors (Lipinski definition) is 1. The maximum absolute atomic E-state index is 12.8. The van der Waals surface area contributed by atoms with Gasteiger partial charge < -0.3 is 9.84 Å². The van der Waals surface area contributed by atoms with Crippen LogP contribution in [0.5, 0.6) is 11.5 Å². The Balaban J connectivity index is 1.64. The number of allylic oxidation sites excluding steroid dienone is 1. The van der Waals surface area contributed by atoms with Gasteiger partial charge in [-0.15, -0.1) is 0 Å². The van der Waals surface area contributed by atoms with E-state index in [4.69, 9.17) is 4.74 Å². The molecule has 1 N–H and O–H groups in total. The second kappa shape index (κ2) is 7.16. The lowest BCUT2D eigenvalue weighted by Crippen LogP contribution is -2.38. The smallest absolute Gasteiger partial charge is 0.231 e. The number of likely N-dealkylation sites (tertiary alicyclic amines) is 1. The Morgan fingerprint density at radius 1 is 1.19 bits per heavy atom. The van der Waals surface area contributed by atoms with E-state index >= 15 is 0 Å². The van der Waals surface area contributed by atoms with Crippen molar-refractivity contribution in [3.05, 3.63) is 59.1 Å². The number of phenolic OH excluding ortho intramolecular Hbond substituents is 1. The van der Waals surface area contributed by atoms with Crippen molar-refractivity contribution in [3.8, 4) is 11.5 Å². The summed E-state index contributed by atoms with van der Waals surface area (Å²) in [6.45, 7) is 7.07. The maximum atomic E-state index is 12.8. The van der Waals surface area contributed by atoms with E-state index < -0.39 is 0 Å². The van der Waals surface area contributed by atoms with E-state index in [1.54, 1.807) is 30.6 Å². The van der Waals surface area contributed by atoms with Gasteiger partial charge in [0.1, 0.15) is 11.5 Å². The van der Waals surface area contributed by atoms with Crippen molar-refractivity contribution >= 4 is 11.9 Å². The van der Waals surface area contributed by atoms with E-state index in [2.05, 4.69) is 23.7 Å². The number of rotatable bonds is 3. The molecule has 0 saturated carbocycles. The van der Waals surface area contributed by atoms with Crippen LogP contribution in [-0.2, 0) is 6.54 Å². The molecule has 5 heteroatoms. The van der Waals surface area contributed by atoms with Gasteiger partial charge in [0.15, 0.2) is 5.76 Å². The third-order valence-corrected chi connectivity index (χ3v) is 5.25.